The van der Waals surface area contributed by atoms with Gasteiger partial charge in [0.25, 0.3) is 5.91 Å². The van der Waals surface area contributed by atoms with Crippen molar-refractivity contribution in [1.82, 2.24) is 14.8 Å². The van der Waals surface area contributed by atoms with Crippen molar-refractivity contribution < 1.29 is 23.9 Å². The summed E-state index contributed by atoms with van der Waals surface area (Å²) in [6.07, 6.45) is -0.0448. The molecular weight excluding hydrogens is 565 g/mol. The van der Waals surface area contributed by atoms with Crippen molar-refractivity contribution in [3.63, 3.8) is 0 Å². The van der Waals surface area contributed by atoms with Gasteiger partial charge in [-0.3, -0.25) is 14.9 Å². The van der Waals surface area contributed by atoms with Crippen LogP contribution in [0.2, 0.25) is 10.0 Å². The lowest BCUT2D eigenvalue weighted by Crippen LogP contribution is -2.40. The topological polar surface area (TPSA) is 113 Å². The fourth-order valence-corrected chi connectivity index (χ4v) is 5.60. The SMILES string of the molecule is CC1(C)OCC(CN2CCN(C(=O)c3nc(C(C)(C)C)sc3NC(=O)Nc3cccc(Cl)c3Cl)CCC2=O)O1. The Balaban J connectivity index is 1.49. The fourth-order valence-electron chi connectivity index (χ4n) is 4.24. The quantitative estimate of drug-likeness (QED) is 0.488. The summed E-state index contributed by atoms with van der Waals surface area (Å²) in [4.78, 5) is 47.3. The van der Waals surface area contributed by atoms with Gasteiger partial charge in [0.05, 0.1) is 22.3 Å². The predicted molar refractivity (Wildman–Crippen MR) is 152 cm³/mol. The lowest BCUT2D eigenvalue weighted by atomic mass is 9.98. The number of ether oxygens (including phenoxy) is 2. The largest absolute Gasteiger partial charge is 0.348 e. The first kappa shape index (κ1) is 29.5. The molecule has 2 aliphatic heterocycles. The van der Waals surface area contributed by atoms with Crippen molar-refractivity contribution in [2.24, 2.45) is 0 Å². The monoisotopic (exact) mass is 597 g/mol. The minimum Gasteiger partial charge on any atom is -0.348 e. The summed E-state index contributed by atoms with van der Waals surface area (Å²) in [7, 11) is 0. The zero-order valence-electron chi connectivity index (χ0n) is 22.6. The van der Waals surface area contributed by atoms with Crippen LogP contribution in [0.3, 0.4) is 0 Å². The molecule has 4 rings (SSSR count). The first-order valence-corrected chi connectivity index (χ1v) is 14.2. The highest BCUT2D eigenvalue weighted by atomic mass is 35.5. The van der Waals surface area contributed by atoms with Gasteiger partial charge in [0, 0.05) is 38.0 Å². The summed E-state index contributed by atoms with van der Waals surface area (Å²) in [6.45, 7) is 11.4. The average Bonchev–Trinajstić information content (AvgIpc) is 3.37. The fraction of sp³-hybridized carbons (Fsp3) is 0.538. The molecular formula is C26H33Cl2N5O5S. The van der Waals surface area contributed by atoms with Crippen molar-refractivity contribution in [2.45, 2.75) is 58.3 Å². The molecule has 1 atom stereocenters. The number of anilines is 2. The number of carbonyl (C=O) groups excluding carboxylic acids is 3. The molecule has 0 saturated carbocycles. The summed E-state index contributed by atoms with van der Waals surface area (Å²) < 4.78 is 11.5. The maximum atomic E-state index is 13.7. The molecule has 2 N–H and O–H groups in total. The number of carbonyl (C=O) groups is 3. The predicted octanol–water partition coefficient (Wildman–Crippen LogP) is 5.22. The van der Waals surface area contributed by atoms with Gasteiger partial charge in [-0.2, -0.15) is 0 Å². The molecule has 0 aliphatic carbocycles. The second-order valence-electron chi connectivity index (χ2n) is 11.0. The van der Waals surface area contributed by atoms with Gasteiger partial charge in [-0.15, -0.1) is 0 Å². The Labute approximate surface area is 241 Å². The van der Waals surface area contributed by atoms with Gasteiger partial charge in [-0.05, 0) is 26.0 Å². The van der Waals surface area contributed by atoms with E-state index in [0.717, 1.165) is 0 Å². The van der Waals surface area contributed by atoms with Crippen LogP contribution in [0.5, 0.6) is 0 Å². The third-order valence-corrected chi connectivity index (χ3v) is 8.48. The van der Waals surface area contributed by atoms with Crippen molar-refractivity contribution in [1.29, 1.82) is 0 Å². The van der Waals surface area contributed by atoms with Crippen molar-refractivity contribution >= 4 is 63.1 Å². The molecule has 2 saturated heterocycles. The third-order valence-electron chi connectivity index (χ3n) is 6.26. The van der Waals surface area contributed by atoms with E-state index in [1.807, 2.05) is 34.6 Å². The highest BCUT2D eigenvalue weighted by Crippen LogP contribution is 2.35. The van der Waals surface area contributed by atoms with E-state index in [1.54, 1.807) is 28.0 Å². The molecule has 1 aromatic heterocycles. The Morgan fingerprint density at radius 3 is 2.59 bits per heavy atom. The molecule has 2 fully saturated rings. The molecule has 13 heteroatoms. The summed E-state index contributed by atoms with van der Waals surface area (Å²) in [6, 6.07) is 4.32. The highest BCUT2D eigenvalue weighted by molar-refractivity contribution is 7.16. The molecule has 3 heterocycles. The van der Waals surface area contributed by atoms with Gasteiger partial charge in [0.2, 0.25) is 5.91 Å². The van der Waals surface area contributed by atoms with Crippen LogP contribution in [0, 0.1) is 0 Å². The Morgan fingerprint density at radius 1 is 1.18 bits per heavy atom. The number of aromatic nitrogens is 1. The van der Waals surface area contributed by atoms with Crippen molar-refractivity contribution in [2.75, 3.05) is 43.4 Å². The van der Waals surface area contributed by atoms with Gasteiger partial charge >= 0.3 is 6.03 Å². The van der Waals surface area contributed by atoms with Crippen LogP contribution in [0.1, 0.15) is 56.5 Å². The molecule has 2 aromatic rings. The van der Waals surface area contributed by atoms with E-state index in [9.17, 15) is 14.4 Å². The highest BCUT2D eigenvalue weighted by Gasteiger charge is 2.36. The molecule has 0 spiro atoms. The lowest BCUT2D eigenvalue weighted by molar-refractivity contribution is -0.145. The van der Waals surface area contributed by atoms with E-state index >= 15 is 0 Å². The molecule has 212 valence electrons. The number of rotatable bonds is 5. The number of hydrogen-bond donors (Lipinski definition) is 2. The summed E-state index contributed by atoms with van der Waals surface area (Å²) in [5, 5.41) is 6.94. The standard InChI is InChI=1S/C26H33Cl2N5O5S/c1-25(2,3)23-30-20(21(39-23)31-24(36)29-17-8-6-7-16(27)19(17)28)22(35)32-10-9-18(34)33(12-11-32)13-15-14-37-26(4,5)38-15/h6-8,15H,9-14H2,1-5H3,(H2,29,31,36). The number of amides is 4. The van der Waals surface area contributed by atoms with E-state index < -0.39 is 11.8 Å². The number of hydrogen-bond acceptors (Lipinski definition) is 7. The third kappa shape index (κ3) is 7.20. The zero-order chi connectivity index (χ0) is 28.5. The maximum absolute atomic E-state index is 13.7. The number of nitrogens with zero attached hydrogens (tertiary/aromatic N) is 3. The Kier molecular flexibility index (Phi) is 8.77. The lowest BCUT2D eigenvalue weighted by Gasteiger charge is -2.25. The number of benzene rings is 1. The van der Waals surface area contributed by atoms with Crippen LogP contribution in [-0.2, 0) is 19.7 Å². The first-order valence-electron chi connectivity index (χ1n) is 12.7. The minimum atomic E-state index is -0.676. The van der Waals surface area contributed by atoms with Gasteiger partial charge in [0.15, 0.2) is 11.5 Å². The van der Waals surface area contributed by atoms with E-state index in [2.05, 4.69) is 15.6 Å². The van der Waals surface area contributed by atoms with Gasteiger partial charge < -0.3 is 24.6 Å². The molecule has 39 heavy (non-hydrogen) atoms. The first-order chi connectivity index (χ1) is 18.2. The summed E-state index contributed by atoms with van der Waals surface area (Å²) in [5.74, 6) is -1.08. The smallest absolute Gasteiger partial charge is 0.324 e. The molecule has 4 amide bonds. The molecule has 1 unspecified atom stereocenters. The number of thiazole rings is 1. The van der Waals surface area contributed by atoms with Gasteiger partial charge in [0.1, 0.15) is 16.1 Å². The van der Waals surface area contributed by atoms with E-state index in [0.29, 0.717) is 47.0 Å². The summed E-state index contributed by atoms with van der Waals surface area (Å²) >= 11 is 13.5. The molecule has 1 aromatic carbocycles. The van der Waals surface area contributed by atoms with Crippen LogP contribution in [-0.4, -0.2) is 77.3 Å². The van der Waals surface area contributed by atoms with Crippen LogP contribution >= 0.6 is 34.5 Å². The molecule has 0 radical (unpaired) electrons. The second kappa shape index (κ2) is 11.6. The Morgan fingerprint density at radius 2 is 1.92 bits per heavy atom. The van der Waals surface area contributed by atoms with Crippen LogP contribution < -0.4 is 10.6 Å². The Hall–Kier alpha value is -2.44. The van der Waals surface area contributed by atoms with Crippen LogP contribution in [0.4, 0.5) is 15.5 Å². The van der Waals surface area contributed by atoms with Crippen LogP contribution in [0.25, 0.3) is 0 Å². The van der Waals surface area contributed by atoms with Crippen LogP contribution in [0.15, 0.2) is 18.2 Å². The number of halogens is 2. The van der Waals surface area contributed by atoms with Crippen molar-refractivity contribution in [3.8, 4) is 0 Å². The van der Waals surface area contributed by atoms with E-state index in [4.69, 9.17) is 32.7 Å². The average molecular weight is 599 g/mol. The summed E-state index contributed by atoms with van der Waals surface area (Å²) in [5.41, 5.74) is 0.114. The number of urea groups is 1. The number of nitrogens with one attached hydrogen (secondary N) is 2. The van der Waals surface area contributed by atoms with Gasteiger partial charge in [-0.1, -0.05) is 61.4 Å². The molecule has 2 aliphatic rings. The zero-order valence-corrected chi connectivity index (χ0v) is 24.9. The minimum absolute atomic E-state index is 0.0524. The normalized spacial score (nSPS) is 19.7. The maximum Gasteiger partial charge on any atom is 0.324 e. The van der Waals surface area contributed by atoms with E-state index in [1.165, 1.54) is 11.3 Å². The molecule has 10 nitrogen and oxygen atoms in total. The van der Waals surface area contributed by atoms with Gasteiger partial charge in [-0.25, -0.2) is 9.78 Å². The van der Waals surface area contributed by atoms with E-state index in [-0.39, 0.29) is 47.0 Å². The van der Waals surface area contributed by atoms with Crippen molar-refractivity contribution in [3.05, 3.63) is 38.9 Å². The Bertz CT molecular complexity index is 1260. The molecule has 0 bridgehead atoms. The second-order valence-corrected chi connectivity index (χ2v) is 12.7.